The first kappa shape index (κ1) is 22.5. The van der Waals surface area contributed by atoms with Crippen molar-refractivity contribution < 1.29 is 14.3 Å². The number of amides is 2. The average Bonchev–Trinajstić information content (AvgIpc) is 2.67. The fraction of sp³-hybridized carbons (Fsp3) is 0.636. The summed E-state index contributed by atoms with van der Waals surface area (Å²) in [4.78, 5) is 26.6. The summed E-state index contributed by atoms with van der Waals surface area (Å²) < 4.78 is 5.70. The maximum atomic E-state index is 12.4. The maximum Gasteiger partial charge on any atom is 0.223 e. The van der Waals surface area contributed by atoms with E-state index in [-0.39, 0.29) is 23.8 Å². The van der Waals surface area contributed by atoms with Gasteiger partial charge in [0.2, 0.25) is 11.8 Å². The number of nitrogens with zero attached hydrogens (tertiary/aromatic N) is 1. The summed E-state index contributed by atoms with van der Waals surface area (Å²) in [7, 11) is 0. The van der Waals surface area contributed by atoms with Gasteiger partial charge in [-0.25, -0.2) is 0 Å². The van der Waals surface area contributed by atoms with Crippen LogP contribution in [0.15, 0.2) is 18.2 Å². The van der Waals surface area contributed by atoms with Crippen LogP contribution in [-0.4, -0.2) is 42.5 Å². The molecule has 1 aromatic carbocycles. The van der Waals surface area contributed by atoms with Gasteiger partial charge in [-0.15, -0.1) is 0 Å². The number of carbonyl (C=O) groups excluding carboxylic acids is 2. The first-order valence-corrected chi connectivity index (χ1v) is 10.6. The summed E-state index contributed by atoms with van der Waals surface area (Å²) in [6, 6.07) is 5.74. The molecular formula is C22H33ClN2O3. The number of hydrogen-bond donors (Lipinski definition) is 1. The van der Waals surface area contributed by atoms with Crippen LogP contribution < -0.4 is 10.1 Å². The lowest BCUT2D eigenvalue weighted by Crippen LogP contribution is -2.45. The van der Waals surface area contributed by atoms with Crippen LogP contribution in [0.25, 0.3) is 0 Å². The van der Waals surface area contributed by atoms with Gasteiger partial charge in [-0.1, -0.05) is 25.4 Å². The van der Waals surface area contributed by atoms with Gasteiger partial charge in [0.25, 0.3) is 0 Å². The van der Waals surface area contributed by atoms with Crippen molar-refractivity contribution in [3.05, 3.63) is 28.8 Å². The molecule has 5 nitrogen and oxygen atoms in total. The van der Waals surface area contributed by atoms with Crippen LogP contribution in [-0.2, 0) is 9.59 Å². The number of ether oxygens (including phenoxy) is 1. The Labute approximate surface area is 173 Å². The number of benzene rings is 1. The van der Waals surface area contributed by atoms with Crippen LogP contribution >= 0.6 is 11.6 Å². The van der Waals surface area contributed by atoms with Crippen molar-refractivity contribution in [1.29, 1.82) is 0 Å². The molecule has 0 aliphatic carbocycles. The van der Waals surface area contributed by atoms with Crippen LogP contribution in [0.2, 0.25) is 5.02 Å². The highest BCUT2D eigenvalue weighted by molar-refractivity contribution is 6.31. The summed E-state index contributed by atoms with van der Waals surface area (Å²) in [5.74, 6) is 1.48. The van der Waals surface area contributed by atoms with E-state index < -0.39 is 0 Å². The molecule has 0 aromatic heterocycles. The Morgan fingerprint density at radius 3 is 2.54 bits per heavy atom. The van der Waals surface area contributed by atoms with E-state index in [1.165, 1.54) is 0 Å². The lowest BCUT2D eigenvalue weighted by molar-refractivity contribution is -0.136. The fourth-order valence-electron chi connectivity index (χ4n) is 3.18. The third-order valence-electron chi connectivity index (χ3n) is 5.52. The van der Waals surface area contributed by atoms with Crippen molar-refractivity contribution in [2.75, 3.05) is 19.7 Å². The number of likely N-dealkylation sites (tertiary alicyclic amines) is 1. The molecule has 0 spiro atoms. The minimum Gasteiger partial charge on any atom is -0.494 e. The van der Waals surface area contributed by atoms with Gasteiger partial charge in [0.1, 0.15) is 5.75 Å². The smallest absolute Gasteiger partial charge is 0.223 e. The van der Waals surface area contributed by atoms with Crippen LogP contribution in [0, 0.1) is 18.8 Å². The normalized spacial score (nSPS) is 16.1. The molecule has 1 saturated heterocycles. The van der Waals surface area contributed by atoms with Crippen LogP contribution in [0.3, 0.4) is 0 Å². The molecule has 1 heterocycles. The van der Waals surface area contributed by atoms with E-state index in [0.717, 1.165) is 29.2 Å². The van der Waals surface area contributed by atoms with Gasteiger partial charge in [-0.2, -0.15) is 0 Å². The Balaban J connectivity index is 1.66. The third kappa shape index (κ3) is 6.69. The van der Waals surface area contributed by atoms with E-state index in [1.807, 2.05) is 36.9 Å². The van der Waals surface area contributed by atoms with Gasteiger partial charge in [0.15, 0.2) is 0 Å². The highest BCUT2D eigenvalue weighted by atomic mass is 35.5. The molecule has 0 bridgehead atoms. The molecule has 1 unspecified atom stereocenters. The van der Waals surface area contributed by atoms with E-state index in [0.29, 0.717) is 38.5 Å². The van der Waals surface area contributed by atoms with Gasteiger partial charge < -0.3 is 15.0 Å². The first-order chi connectivity index (χ1) is 13.3. The molecule has 28 heavy (non-hydrogen) atoms. The zero-order valence-electron chi connectivity index (χ0n) is 17.5. The van der Waals surface area contributed by atoms with Crippen molar-refractivity contribution in [2.24, 2.45) is 11.8 Å². The molecule has 1 aliphatic heterocycles. The number of halogens is 1. The second-order valence-corrected chi connectivity index (χ2v) is 8.47. The summed E-state index contributed by atoms with van der Waals surface area (Å²) in [6.07, 6.45) is 2.62. The highest BCUT2D eigenvalue weighted by Gasteiger charge is 2.28. The van der Waals surface area contributed by atoms with Gasteiger partial charge in [0.05, 0.1) is 6.61 Å². The SMILES string of the molecule is Cc1cc(OCCCC(=O)N2CCC(C(=O)NC(C)C(C)C)CC2)ccc1Cl. The second kappa shape index (κ2) is 10.7. The maximum absolute atomic E-state index is 12.4. The van der Waals surface area contributed by atoms with Crippen LogP contribution in [0.1, 0.15) is 52.0 Å². The molecule has 6 heteroatoms. The fourth-order valence-corrected chi connectivity index (χ4v) is 3.30. The number of nitrogens with one attached hydrogen (secondary N) is 1. The lowest BCUT2D eigenvalue weighted by atomic mass is 9.94. The Morgan fingerprint density at radius 2 is 1.93 bits per heavy atom. The minimum atomic E-state index is 0.0155. The number of aryl methyl sites for hydroxylation is 1. The monoisotopic (exact) mass is 408 g/mol. The molecule has 2 rings (SSSR count). The molecule has 0 saturated carbocycles. The predicted octanol–water partition coefficient (Wildman–Crippen LogP) is 4.21. The van der Waals surface area contributed by atoms with Crippen molar-refractivity contribution in [3.8, 4) is 5.75 Å². The van der Waals surface area contributed by atoms with Crippen molar-refractivity contribution in [1.82, 2.24) is 10.2 Å². The van der Waals surface area contributed by atoms with Gasteiger partial charge in [-0.05, 0) is 62.8 Å². The van der Waals surface area contributed by atoms with E-state index in [9.17, 15) is 9.59 Å². The van der Waals surface area contributed by atoms with Gasteiger partial charge in [-0.3, -0.25) is 9.59 Å². The van der Waals surface area contributed by atoms with E-state index in [2.05, 4.69) is 19.2 Å². The summed E-state index contributed by atoms with van der Waals surface area (Å²) in [5, 5.41) is 3.81. The largest absolute Gasteiger partial charge is 0.494 e. The van der Waals surface area contributed by atoms with Gasteiger partial charge in [0, 0.05) is 36.5 Å². The molecule has 1 aliphatic rings. The summed E-state index contributed by atoms with van der Waals surface area (Å²) in [5.41, 5.74) is 0.977. The van der Waals surface area contributed by atoms with E-state index in [1.54, 1.807) is 0 Å². The quantitative estimate of drug-likeness (QED) is 0.655. The predicted molar refractivity (Wildman–Crippen MR) is 113 cm³/mol. The Bertz CT molecular complexity index is 670. The summed E-state index contributed by atoms with van der Waals surface area (Å²) >= 11 is 6.01. The summed E-state index contributed by atoms with van der Waals surface area (Å²) in [6.45, 7) is 9.99. The number of hydrogen-bond acceptors (Lipinski definition) is 3. The van der Waals surface area contributed by atoms with Crippen molar-refractivity contribution >= 4 is 23.4 Å². The Morgan fingerprint density at radius 1 is 1.25 bits per heavy atom. The molecule has 2 amide bonds. The number of carbonyl (C=O) groups is 2. The van der Waals surface area contributed by atoms with Gasteiger partial charge >= 0.3 is 0 Å². The van der Waals surface area contributed by atoms with E-state index >= 15 is 0 Å². The van der Waals surface area contributed by atoms with Crippen molar-refractivity contribution in [3.63, 3.8) is 0 Å². The number of piperidine rings is 1. The van der Waals surface area contributed by atoms with Crippen LogP contribution in [0.5, 0.6) is 5.75 Å². The zero-order chi connectivity index (χ0) is 20.7. The molecule has 1 aromatic rings. The standard InChI is InChI=1S/C22H33ClN2O3/c1-15(2)17(4)24-22(27)18-9-11-25(12-10-18)21(26)6-5-13-28-19-7-8-20(23)16(3)14-19/h7-8,14-15,17-18H,5-6,9-13H2,1-4H3,(H,24,27). The first-order valence-electron chi connectivity index (χ1n) is 10.2. The molecule has 1 atom stereocenters. The Hall–Kier alpha value is -1.75. The minimum absolute atomic E-state index is 0.0155. The van der Waals surface area contributed by atoms with Crippen LogP contribution in [0.4, 0.5) is 0 Å². The molecule has 156 valence electrons. The lowest BCUT2D eigenvalue weighted by Gasteiger charge is -2.32. The average molecular weight is 409 g/mol. The van der Waals surface area contributed by atoms with E-state index in [4.69, 9.17) is 16.3 Å². The topological polar surface area (TPSA) is 58.6 Å². The molecule has 0 radical (unpaired) electrons. The number of rotatable bonds is 8. The highest BCUT2D eigenvalue weighted by Crippen LogP contribution is 2.22. The zero-order valence-corrected chi connectivity index (χ0v) is 18.2. The second-order valence-electron chi connectivity index (χ2n) is 8.06. The van der Waals surface area contributed by atoms with Crippen molar-refractivity contribution in [2.45, 2.75) is 59.4 Å². The molecule has 1 fully saturated rings. The Kier molecular flexibility index (Phi) is 8.61. The third-order valence-corrected chi connectivity index (χ3v) is 5.95. The molecular weight excluding hydrogens is 376 g/mol. The molecule has 1 N–H and O–H groups in total.